The van der Waals surface area contributed by atoms with Crippen molar-refractivity contribution in [1.29, 1.82) is 0 Å². The van der Waals surface area contributed by atoms with Gasteiger partial charge >= 0.3 is 0 Å². The summed E-state index contributed by atoms with van der Waals surface area (Å²) in [4.78, 5) is 17.6. The van der Waals surface area contributed by atoms with E-state index in [9.17, 15) is 0 Å². The van der Waals surface area contributed by atoms with Crippen molar-refractivity contribution in [3.8, 4) is 0 Å². The predicted octanol–water partition coefficient (Wildman–Crippen LogP) is 2.24. The summed E-state index contributed by atoms with van der Waals surface area (Å²) in [6.45, 7) is 6.36. The van der Waals surface area contributed by atoms with Crippen LogP contribution in [0.15, 0.2) is 47.7 Å². The number of benzene rings is 1. The van der Waals surface area contributed by atoms with Crippen LogP contribution in [0.25, 0.3) is 0 Å². The molecule has 0 atom stereocenters. The summed E-state index contributed by atoms with van der Waals surface area (Å²) in [6.07, 6.45) is 3.58. The maximum Gasteiger partial charge on any atom is 0.225 e. The molecule has 1 aromatic heterocycles. The van der Waals surface area contributed by atoms with Gasteiger partial charge in [0.15, 0.2) is 5.96 Å². The predicted molar refractivity (Wildman–Crippen MR) is 126 cm³/mol. The lowest BCUT2D eigenvalue weighted by Crippen LogP contribution is -2.49. The van der Waals surface area contributed by atoms with Crippen molar-refractivity contribution in [3.05, 3.63) is 53.3 Å². The third kappa shape index (κ3) is 6.75. The molecule has 9 heteroatoms. The highest BCUT2D eigenvalue weighted by Crippen LogP contribution is 2.14. The quantitative estimate of drug-likeness (QED) is 0.349. The van der Waals surface area contributed by atoms with Crippen molar-refractivity contribution in [2.24, 2.45) is 4.99 Å². The number of hydrogen-bond acceptors (Lipinski definition) is 5. The van der Waals surface area contributed by atoms with Crippen LogP contribution in [0.3, 0.4) is 0 Å². The number of aromatic nitrogens is 2. The largest absolute Gasteiger partial charge is 0.355 e. The van der Waals surface area contributed by atoms with E-state index in [-0.39, 0.29) is 24.0 Å². The molecule has 0 spiro atoms. The van der Waals surface area contributed by atoms with Crippen LogP contribution in [-0.2, 0) is 6.54 Å². The Hall–Kier alpha value is -1.65. The molecule has 1 saturated heterocycles. The van der Waals surface area contributed by atoms with Gasteiger partial charge in [-0.25, -0.2) is 9.97 Å². The van der Waals surface area contributed by atoms with Crippen molar-refractivity contribution >= 4 is 47.5 Å². The molecule has 7 nitrogen and oxygen atoms in total. The second-order valence-corrected chi connectivity index (χ2v) is 6.73. The number of nitrogens with zero attached hydrogens (tertiary/aromatic N) is 5. The highest BCUT2D eigenvalue weighted by atomic mass is 127. The molecule has 0 unspecified atom stereocenters. The van der Waals surface area contributed by atoms with Crippen LogP contribution in [-0.4, -0.2) is 67.1 Å². The Kier molecular flexibility index (Phi) is 9.72. The summed E-state index contributed by atoms with van der Waals surface area (Å²) in [5, 5.41) is 7.43. The zero-order valence-electron chi connectivity index (χ0n) is 16.0. The van der Waals surface area contributed by atoms with E-state index in [2.05, 4.69) is 35.4 Å². The summed E-state index contributed by atoms with van der Waals surface area (Å²) in [7, 11) is 1.78. The van der Waals surface area contributed by atoms with Crippen molar-refractivity contribution in [3.63, 3.8) is 0 Å². The first-order valence-corrected chi connectivity index (χ1v) is 9.56. The molecule has 28 heavy (non-hydrogen) atoms. The van der Waals surface area contributed by atoms with Gasteiger partial charge in [0, 0.05) is 70.3 Å². The van der Waals surface area contributed by atoms with Gasteiger partial charge in [0.25, 0.3) is 0 Å². The minimum absolute atomic E-state index is 0. The van der Waals surface area contributed by atoms with Crippen molar-refractivity contribution in [1.82, 2.24) is 25.5 Å². The molecule has 1 aliphatic rings. The molecule has 0 bridgehead atoms. The molecule has 1 aromatic carbocycles. The zero-order chi connectivity index (χ0) is 18.9. The van der Waals surface area contributed by atoms with Crippen LogP contribution in [0.5, 0.6) is 0 Å². The maximum atomic E-state index is 6.19. The first kappa shape index (κ1) is 22.6. The molecule has 152 valence electrons. The first-order valence-electron chi connectivity index (χ1n) is 9.18. The van der Waals surface area contributed by atoms with E-state index in [0.717, 1.165) is 61.8 Å². The topological polar surface area (TPSA) is 68.7 Å². The molecule has 1 fully saturated rings. The normalized spacial score (nSPS) is 15.1. The molecule has 0 amide bonds. The summed E-state index contributed by atoms with van der Waals surface area (Å²) >= 11 is 6.19. The molecule has 2 N–H and O–H groups in total. The molecule has 2 aromatic rings. The molecule has 1 aliphatic heterocycles. The van der Waals surface area contributed by atoms with Crippen LogP contribution in [0.4, 0.5) is 5.95 Å². The summed E-state index contributed by atoms with van der Waals surface area (Å²) in [5.41, 5.74) is 1.06. The third-order valence-corrected chi connectivity index (χ3v) is 4.92. The van der Waals surface area contributed by atoms with Crippen LogP contribution in [0, 0.1) is 0 Å². The first-order chi connectivity index (χ1) is 13.3. The highest BCUT2D eigenvalue weighted by molar-refractivity contribution is 14.0. The number of aliphatic imine (C=N–C) groups is 1. The van der Waals surface area contributed by atoms with Gasteiger partial charge in [0.2, 0.25) is 5.95 Å². The Morgan fingerprint density at radius 3 is 2.46 bits per heavy atom. The van der Waals surface area contributed by atoms with Crippen LogP contribution in [0.2, 0.25) is 5.02 Å². The smallest absolute Gasteiger partial charge is 0.225 e. The highest BCUT2D eigenvalue weighted by Gasteiger charge is 2.18. The van der Waals surface area contributed by atoms with E-state index in [1.165, 1.54) is 0 Å². The standard InChI is InChI=1S/C19H26ClN7.HI/c1-21-18(25-15-16-5-2-3-6-17(16)20)22-9-10-26-11-13-27(14-12-26)19-23-7-4-8-24-19;/h2-8H,9-15H2,1H3,(H2,21,22,25);1H. The lowest BCUT2D eigenvalue weighted by Gasteiger charge is -2.34. The number of nitrogens with one attached hydrogen (secondary N) is 2. The van der Waals surface area contributed by atoms with Gasteiger partial charge in [0.1, 0.15) is 0 Å². The molecule has 0 radical (unpaired) electrons. The summed E-state index contributed by atoms with van der Waals surface area (Å²) in [5.74, 6) is 1.60. The van der Waals surface area contributed by atoms with Crippen molar-refractivity contribution in [2.45, 2.75) is 6.54 Å². The fraction of sp³-hybridized carbons (Fsp3) is 0.421. The second-order valence-electron chi connectivity index (χ2n) is 6.32. The van der Waals surface area contributed by atoms with Gasteiger partial charge in [0.05, 0.1) is 0 Å². The Balaban J connectivity index is 0.00000280. The molecular weight excluding hydrogens is 489 g/mol. The monoisotopic (exact) mass is 515 g/mol. The van der Waals surface area contributed by atoms with E-state index < -0.39 is 0 Å². The van der Waals surface area contributed by atoms with E-state index in [0.29, 0.717) is 6.54 Å². The summed E-state index contributed by atoms with van der Waals surface area (Å²) < 4.78 is 0. The van der Waals surface area contributed by atoms with Gasteiger partial charge in [-0.3, -0.25) is 9.89 Å². The van der Waals surface area contributed by atoms with Crippen LogP contribution in [0.1, 0.15) is 5.56 Å². The number of rotatable bonds is 6. The lowest BCUT2D eigenvalue weighted by molar-refractivity contribution is 0.260. The molecule has 2 heterocycles. The minimum Gasteiger partial charge on any atom is -0.355 e. The Bertz CT molecular complexity index is 736. The fourth-order valence-corrected chi connectivity index (χ4v) is 3.20. The molecular formula is C19H27ClIN7. The zero-order valence-corrected chi connectivity index (χ0v) is 19.1. The van der Waals surface area contributed by atoms with Gasteiger partial charge in [-0.2, -0.15) is 0 Å². The second kappa shape index (κ2) is 12.0. The van der Waals surface area contributed by atoms with Crippen molar-refractivity contribution < 1.29 is 0 Å². The fourth-order valence-electron chi connectivity index (χ4n) is 3.00. The molecule has 0 saturated carbocycles. The average molecular weight is 516 g/mol. The number of piperazine rings is 1. The van der Waals surface area contributed by atoms with E-state index in [1.54, 1.807) is 19.4 Å². The molecule has 0 aliphatic carbocycles. The third-order valence-electron chi connectivity index (χ3n) is 4.56. The number of anilines is 1. The van der Waals surface area contributed by atoms with E-state index in [1.807, 2.05) is 30.3 Å². The Morgan fingerprint density at radius 2 is 1.79 bits per heavy atom. The molecule has 3 rings (SSSR count). The summed E-state index contributed by atoms with van der Waals surface area (Å²) in [6, 6.07) is 9.67. The van der Waals surface area contributed by atoms with Crippen LogP contribution < -0.4 is 15.5 Å². The van der Waals surface area contributed by atoms with Crippen molar-refractivity contribution in [2.75, 3.05) is 51.2 Å². The Labute approximate surface area is 188 Å². The van der Waals surface area contributed by atoms with Crippen LogP contribution >= 0.6 is 35.6 Å². The van der Waals surface area contributed by atoms with E-state index >= 15 is 0 Å². The Morgan fingerprint density at radius 1 is 1.07 bits per heavy atom. The lowest BCUT2D eigenvalue weighted by atomic mass is 10.2. The minimum atomic E-state index is 0. The van der Waals surface area contributed by atoms with Gasteiger partial charge in [-0.1, -0.05) is 29.8 Å². The number of halogens is 2. The van der Waals surface area contributed by atoms with Gasteiger partial charge in [-0.05, 0) is 17.7 Å². The average Bonchev–Trinajstić information content (AvgIpc) is 2.73. The SMILES string of the molecule is CN=C(NCCN1CCN(c2ncccn2)CC1)NCc1ccccc1Cl.I. The number of guanidine groups is 1. The number of hydrogen-bond donors (Lipinski definition) is 2. The maximum absolute atomic E-state index is 6.19. The van der Waals surface area contributed by atoms with Gasteiger partial charge < -0.3 is 15.5 Å². The van der Waals surface area contributed by atoms with E-state index in [4.69, 9.17) is 11.6 Å². The van der Waals surface area contributed by atoms with Gasteiger partial charge in [-0.15, -0.1) is 24.0 Å².